The van der Waals surface area contributed by atoms with Gasteiger partial charge in [-0.1, -0.05) is 0 Å². The second kappa shape index (κ2) is 5.18. The first kappa shape index (κ1) is 11.5. The monoisotopic (exact) mass is 179 g/mol. The van der Waals surface area contributed by atoms with E-state index in [0.29, 0.717) is 0 Å². The Morgan fingerprint density at radius 1 is 1.17 bits per heavy atom. The van der Waals surface area contributed by atoms with E-state index >= 15 is 0 Å². The summed E-state index contributed by atoms with van der Waals surface area (Å²) >= 11 is 0. The number of aliphatic hydroxyl groups is 4. The van der Waals surface area contributed by atoms with Gasteiger partial charge in [-0.3, -0.25) is 0 Å². The van der Waals surface area contributed by atoms with Crippen LogP contribution < -0.4 is 5.73 Å². The maximum Gasteiger partial charge on any atom is 0.151 e. The van der Waals surface area contributed by atoms with Gasteiger partial charge in [0.15, 0.2) is 6.29 Å². The van der Waals surface area contributed by atoms with Gasteiger partial charge in [0.1, 0.15) is 18.3 Å². The van der Waals surface area contributed by atoms with E-state index in [2.05, 4.69) is 0 Å². The molecule has 0 radical (unpaired) electrons. The van der Waals surface area contributed by atoms with Crippen LogP contribution in [0.1, 0.15) is 0 Å². The van der Waals surface area contributed by atoms with E-state index < -0.39 is 24.4 Å². The average molecular weight is 179 g/mol. The molecule has 6 nitrogen and oxygen atoms in total. The smallest absolute Gasteiger partial charge is 0.151 e. The third kappa shape index (κ3) is 2.84. The Hall–Kier alpha value is -0.530. The molecule has 0 fully saturated rings. The second-order valence-corrected chi connectivity index (χ2v) is 2.41. The SMILES string of the molecule is NCC(O)C(O)C(O)C(O)C=O. The predicted octanol–water partition coefficient (Wildman–Crippen LogP) is -3.41. The molecule has 4 atom stereocenters. The molecule has 0 spiro atoms. The molecule has 0 saturated heterocycles. The van der Waals surface area contributed by atoms with Crippen LogP contribution >= 0.6 is 0 Å². The number of aliphatic hydroxyl groups excluding tert-OH is 4. The number of carbonyl (C=O) groups excluding carboxylic acids is 1. The third-order valence-corrected chi connectivity index (χ3v) is 1.47. The van der Waals surface area contributed by atoms with Crippen molar-refractivity contribution in [3.63, 3.8) is 0 Å². The Morgan fingerprint density at radius 3 is 2.00 bits per heavy atom. The molecular formula is C6H13NO5. The molecule has 72 valence electrons. The Bertz CT molecular complexity index is 142. The number of carbonyl (C=O) groups is 1. The van der Waals surface area contributed by atoms with Crippen molar-refractivity contribution in [1.29, 1.82) is 0 Å². The first-order valence-corrected chi connectivity index (χ1v) is 3.42. The molecule has 0 saturated carbocycles. The molecule has 0 aromatic carbocycles. The molecule has 0 amide bonds. The van der Waals surface area contributed by atoms with Crippen molar-refractivity contribution in [3.8, 4) is 0 Å². The molecule has 0 aromatic heterocycles. The molecular weight excluding hydrogens is 166 g/mol. The number of hydrogen-bond acceptors (Lipinski definition) is 6. The first-order valence-electron chi connectivity index (χ1n) is 3.42. The van der Waals surface area contributed by atoms with Gasteiger partial charge in [0.2, 0.25) is 0 Å². The van der Waals surface area contributed by atoms with Crippen molar-refractivity contribution in [2.45, 2.75) is 24.4 Å². The van der Waals surface area contributed by atoms with Gasteiger partial charge in [0, 0.05) is 6.54 Å². The van der Waals surface area contributed by atoms with Crippen LogP contribution in [0.25, 0.3) is 0 Å². The Balaban J connectivity index is 4.07. The molecule has 4 unspecified atom stereocenters. The predicted molar refractivity (Wildman–Crippen MR) is 39.1 cm³/mol. The molecule has 0 aliphatic carbocycles. The fourth-order valence-electron chi connectivity index (χ4n) is 0.650. The van der Waals surface area contributed by atoms with Crippen molar-refractivity contribution >= 4 is 6.29 Å². The highest BCUT2D eigenvalue weighted by molar-refractivity contribution is 5.56. The lowest BCUT2D eigenvalue weighted by atomic mass is 10.0. The standard InChI is InChI=1S/C6H13NO5/c7-1-3(9)5(11)6(12)4(10)2-8/h2-6,9-12H,1,7H2. The summed E-state index contributed by atoms with van der Waals surface area (Å²) in [4.78, 5) is 9.93. The largest absolute Gasteiger partial charge is 0.389 e. The zero-order chi connectivity index (χ0) is 9.72. The maximum atomic E-state index is 9.93. The number of aldehydes is 1. The van der Waals surface area contributed by atoms with E-state index in [-0.39, 0.29) is 12.8 Å². The molecule has 0 rings (SSSR count). The second-order valence-electron chi connectivity index (χ2n) is 2.41. The Kier molecular flexibility index (Phi) is 4.95. The van der Waals surface area contributed by atoms with E-state index in [1.54, 1.807) is 0 Å². The van der Waals surface area contributed by atoms with Crippen LogP contribution in [-0.2, 0) is 4.79 Å². The van der Waals surface area contributed by atoms with Crippen LogP contribution in [0.3, 0.4) is 0 Å². The van der Waals surface area contributed by atoms with Crippen LogP contribution in [-0.4, -0.2) is 57.7 Å². The zero-order valence-corrected chi connectivity index (χ0v) is 6.37. The van der Waals surface area contributed by atoms with Crippen LogP contribution in [0, 0.1) is 0 Å². The lowest BCUT2D eigenvalue weighted by Crippen LogP contribution is -2.47. The highest BCUT2D eigenvalue weighted by Crippen LogP contribution is 2.02. The summed E-state index contributed by atoms with van der Waals surface area (Å²) in [6, 6.07) is 0. The molecule has 0 aliphatic rings. The summed E-state index contributed by atoms with van der Waals surface area (Å²) in [6.07, 6.45) is -6.32. The quantitative estimate of drug-likeness (QED) is 0.280. The highest BCUT2D eigenvalue weighted by atomic mass is 16.4. The van der Waals surface area contributed by atoms with Gasteiger partial charge < -0.3 is 31.0 Å². The number of nitrogens with two attached hydrogens (primary N) is 1. The van der Waals surface area contributed by atoms with E-state index in [9.17, 15) is 4.79 Å². The molecule has 0 aliphatic heterocycles. The molecule has 0 aromatic rings. The van der Waals surface area contributed by atoms with Gasteiger partial charge >= 0.3 is 0 Å². The molecule has 6 N–H and O–H groups in total. The minimum Gasteiger partial charge on any atom is -0.389 e. The summed E-state index contributed by atoms with van der Waals surface area (Å²) in [7, 11) is 0. The molecule has 12 heavy (non-hydrogen) atoms. The van der Waals surface area contributed by atoms with Gasteiger partial charge in [0.25, 0.3) is 0 Å². The van der Waals surface area contributed by atoms with Gasteiger partial charge in [0.05, 0.1) is 6.10 Å². The lowest BCUT2D eigenvalue weighted by Gasteiger charge is -2.22. The number of hydrogen-bond donors (Lipinski definition) is 5. The maximum absolute atomic E-state index is 9.93. The number of rotatable bonds is 5. The van der Waals surface area contributed by atoms with Gasteiger partial charge in [-0.25, -0.2) is 0 Å². The van der Waals surface area contributed by atoms with Crippen LogP contribution in [0.2, 0.25) is 0 Å². The minimum absolute atomic E-state index is 0.0666. The summed E-state index contributed by atoms with van der Waals surface area (Å²) < 4.78 is 0. The van der Waals surface area contributed by atoms with Crippen molar-refractivity contribution in [2.75, 3.05) is 6.54 Å². The van der Waals surface area contributed by atoms with E-state index in [1.807, 2.05) is 0 Å². The van der Waals surface area contributed by atoms with Crippen molar-refractivity contribution in [1.82, 2.24) is 0 Å². The topological polar surface area (TPSA) is 124 Å². The minimum atomic E-state index is -1.71. The first-order chi connectivity index (χ1) is 5.54. The van der Waals surface area contributed by atoms with Gasteiger partial charge in [-0.05, 0) is 0 Å². The molecule has 0 bridgehead atoms. The normalized spacial score (nSPS) is 21.1. The van der Waals surface area contributed by atoms with E-state index in [1.165, 1.54) is 0 Å². The Labute approximate surface area is 69.2 Å². The fraction of sp³-hybridized carbons (Fsp3) is 0.833. The average Bonchev–Trinajstić information content (AvgIpc) is 2.12. The highest BCUT2D eigenvalue weighted by Gasteiger charge is 2.29. The van der Waals surface area contributed by atoms with E-state index in [0.717, 1.165) is 0 Å². The summed E-state index contributed by atoms with van der Waals surface area (Å²) in [5, 5.41) is 35.5. The van der Waals surface area contributed by atoms with E-state index in [4.69, 9.17) is 26.2 Å². The zero-order valence-electron chi connectivity index (χ0n) is 6.37. The van der Waals surface area contributed by atoms with Crippen LogP contribution in [0.4, 0.5) is 0 Å². The van der Waals surface area contributed by atoms with Crippen molar-refractivity contribution < 1.29 is 25.2 Å². The Morgan fingerprint density at radius 2 is 1.67 bits per heavy atom. The van der Waals surface area contributed by atoms with Crippen LogP contribution in [0.5, 0.6) is 0 Å². The van der Waals surface area contributed by atoms with Crippen molar-refractivity contribution in [2.24, 2.45) is 5.73 Å². The van der Waals surface area contributed by atoms with Crippen molar-refractivity contribution in [3.05, 3.63) is 0 Å². The molecule has 0 heterocycles. The summed E-state index contributed by atoms with van der Waals surface area (Å²) in [5.41, 5.74) is 4.96. The summed E-state index contributed by atoms with van der Waals surface area (Å²) in [5.74, 6) is 0. The third-order valence-electron chi connectivity index (χ3n) is 1.47. The summed E-state index contributed by atoms with van der Waals surface area (Å²) in [6.45, 7) is -0.260. The van der Waals surface area contributed by atoms with Gasteiger partial charge in [-0.2, -0.15) is 0 Å². The van der Waals surface area contributed by atoms with Gasteiger partial charge in [-0.15, -0.1) is 0 Å². The molecule has 6 heteroatoms. The van der Waals surface area contributed by atoms with Crippen LogP contribution in [0.15, 0.2) is 0 Å². The fourth-order valence-corrected chi connectivity index (χ4v) is 0.650. The lowest BCUT2D eigenvalue weighted by molar-refractivity contribution is -0.132.